The molecular weight excluding hydrogens is 214 g/mol. The van der Waals surface area contributed by atoms with Crippen molar-refractivity contribution in [2.45, 2.75) is 27.2 Å². The van der Waals surface area contributed by atoms with Crippen molar-refractivity contribution in [3.63, 3.8) is 0 Å². The zero-order chi connectivity index (χ0) is 12.8. The SMILES string of the molecule is CC(=NNC(=O)CC#N)c1ccc(C)cc1C. The quantitative estimate of drug-likeness (QED) is 0.636. The van der Waals surface area contributed by atoms with Crippen LogP contribution in [0, 0.1) is 25.2 Å². The van der Waals surface area contributed by atoms with Gasteiger partial charge in [-0.1, -0.05) is 23.8 Å². The van der Waals surface area contributed by atoms with E-state index in [-0.39, 0.29) is 6.42 Å². The number of carbonyl (C=O) groups excluding carboxylic acids is 1. The van der Waals surface area contributed by atoms with Gasteiger partial charge in [0.2, 0.25) is 0 Å². The zero-order valence-corrected chi connectivity index (χ0v) is 10.2. The van der Waals surface area contributed by atoms with E-state index in [1.807, 2.05) is 32.9 Å². The largest absolute Gasteiger partial charge is 0.272 e. The van der Waals surface area contributed by atoms with Crippen LogP contribution in [0.3, 0.4) is 0 Å². The summed E-state index contributed by atoms with van der Waals surface area (Å²) in [6.07, 6.45) is -0.177. The van der Waals surface area contributed by atoms with E-state index in [1.165, 1.54) is 5.56 Å². The number of amides is 1. The van der Waals surface area contributed by atoms with Gasteiger partial charge in [0.1, 0.15) is 6.42 Å². The van der Waals surface area contributed by atoms with Crippen LogP contribution in [0.4, 0.5) is 0 Å². The fourth-order valence-corrected chi connectivity index (χ4v) is 1.54. The number of hydrogen-bond acceptors (Lipinski definition) is 3. The highest BCUT2D eigenvalue weighted by Crippen LogP contribution is 2.11. The summed E-state index contributed by atoms with van der Waals surface area (Å²) in [5.41, 5.74) is 6.37. The van der Waals surface area contributed by atoms with Crippen molar-refractivity contribution in [3.05, 3.63) is 34.9 Å². The minimum atomic E-state index is -0.392. The summed E-state index contributed by atoms with van der Waals surface area (Å²) in [5, 5.41) is 12.3. The van der Waals surface area contributed by atoms with Crippen molar-refractivity contribution in [1.82, 2.24) is 5.43 Å². The number of hydrazone groups is 1. The summed E-state index contributed by atoms with van der Waals surface area (Å²) in [5.74, 6) is -0.392. The lowest BCUT2D eigenvalue weighted by molar-refractivity contribution is -0.120. The minimum Gasteiger partial charge on any atom is -0.272 e. The maximum absolute atomic E-state index is 11.1. The number of hydrogen-bond donors (Lipinski definition) is 1. The highest BCUT2D eigenvalue weighted by molar-refractivity contribution is 6.00. The first-order chi connectivity index (χ1) is 8.04. The molecule has 1 amide bonds. The number of nitrogens with zero attached hydrogens (tertiary/aromatic N) is 2. The Balaban J connectivity index is 2.82. The first-order valence-corrected chi connectivity index (χ1v) is 5.32. The lowest BCUT2D eigenvalue weighted by Gasteiger charge is -2.06. The Morgan fingerprint density at radius 2 is 2.18 bits per heavy atom. The van der Waals surface area contributed by atoms with Gasteiger partial charge in [0, 0.05) is 5.56 Å². The van der Waals surface area contributed by atoms with E-state index >= 15 is 0 Å². The molecule has 4 heteroatoms. The van der Waals surface area contributed by atoms with Gasteiger partial charge >= 0.3 is 0 Å². The second-order valence-electron chi connectivity index (χ2n) is 3.89. The van der Waals surface area contributed by atoms with E-state index in [2.05, 4.69) is 16.6 Å². The van der Waals surface area contributed by atoms with E-state index < -0.39 is 5.91 Å². The Hall–Kier alpha value is -2.15. The average Bonchev–Trinajstić information content (AvgIpc) is 2.26. The number of rotatable bonds is 3. The smallest absolute Gasteiger partial charge is 0.254 e. The van der Waals surface area contributed by atoms with E-state index in [0.717, 1.165) is 16.8 Å². The predicted octanol–water partition coefficient (Wildman–Crippen LogP) is 2.06. The number of aryl methyl sites for hydroxylation is 2. The maximum Gasteiger partial charge on any atom is 0.254 e. The fourth-order valence-electron chi connectivity index (χ4n) is 1.54. The Morgan fingerprint density at radius 1 is 1.47 bits per heavy atom. The summed E-state index contributed by atoms with van der Waals surface area (Å²) in [7, 11) is 0. The molecular formula is C13H15N3O. The van der Waals surface area contributed by atoms with Gasteiger partial charge < -0.3 is 0 Å². The van der Waals surface area contributed by atoms with Gasteiger partial charge in [0.25, 0.3) is 5.91 Å². The molecule has 88 valence electrons. The van der Waals surface area contributed by atoms with E-state index in [0.29, 0.717) is 0 Å². The molecule has 4 nitrogen and oxygen atoms in total. The molecule has 1 rings (SSSR count). The number of benzene rings is 1. The molecule has 0 aliphatic rings. The van der Waals surface area contributed by atoms with Gasteiger partial charge in [0.05, 0.1) is 11.8 Å². The van der Waals surface area contributed by atoms with Crippen LogP contribution in [0.1, 0.15) is 30.0 Å². The summed E-state index contributed by atoms with van der Waals surface area (Å²) < 4.78 is 0. The second-order valence-corrected chi connectivity index (χ2v) is 3.89. The molecule has 0 atom stereocenters. The fraction of sp³-hybridized carbons (Fsp3) is 0.308. The normalized spacial score (nSPS) is 10.8. The topological polar surface area (TPSA) is 65.2 Å². The molecule has 0 saturated heterocycles. The van der Waals surface area contributed by atoms with Gasteiger partial charge in [-0.15, -0.1) is 0 Å². The van der Waals surface area contributed by atoms with E-state index in [9.17, 15) is 4.79 Å². The number of carbonyl (C=O) groups is 1. The van der Waals surface area contributed by atoms with Crippen LogP contribution < -0.4 is 5.43 Å². The molecule has 0 fully saturated rings. The molecule has 17 heavy (non-hydrogen) atoms. The molecule has 0 heterocycles. The van der Waals surface area contributed by atoms with Crippen LogP contribution in [-0.4, -0.2) is 11.6 Å². The lowest BCUT2D eigenvalue weighted by Crippen LogP contribution is -2.18. The highest BCUT2D eigenvalue weighted by Gasteiger charge is 2.03. The molecule has 0 aromatic heterocycles. The molecule has 0 aliphatic heterocycles. The van der Waals surface area contributed by atoms with Crippen molar-refractivity contribution >= 4 is 11.6 Å². The van der Waals surface area contributed by atoms with Crippen LogP contribution in [0.5, 0.6) is 0 Å². The van der Waals surface area contributed by atoms with Crippen molar-refractivity contribution in [2.24, 2.45) is 5.10 Å². The molecule has 0 saturated carbocycles. The van der Waals surface area contributed by atoms with Gasteiger partial charge in [-0.3, -0.25) is 4.79 Å². The standard InChI is InChI=1S/C13H15N3O/c1-9-4-5-12(10(2)8-9)11(3)15-16-13(17)6-7-14/h4-5,8H,6H2,1-3H3,(H,16,17). The Bertz CT molecular complexity index is 498. The third-order valence-electron chi connectivity index (χ3n) is 2.36. The summed E-state index contributed by atoms with van der Waals surface area (Å²) >= 11 is 0. The van der Waals surface area contributed by atoms with Crippen molar-refractivity contribution in [1.29, 1.82) is 5.26 Å². The van der Waals surface area contributed by atoms with Gasteiger partial charge in [0.15, 0.2) is 0 Å². The average molecular weight is 229 g/mol. The van der Waals surface area contributed by atoms with Crippen molar-refractivity contribution in [3.8, 4) is 6.07 Å². The lowest BCUT2D eigenvalue weighted by atomic mass is 10.0. The third kappa shape index (κ3) is 3.72. The Morgan fingerprint density at radius 3 is 2.76 bits per heavy atom. The second kappa shape index (κ2) is 5.80. The van der Waals surface area contributed by atoms with Gasteiger partial charge in [-0.25, -0.2) is 5.43 Å². The summed E-state index contributed by atoms with van der Waals surface area (Å²) in [4.78, 5) is 11.1. The first kappa shape index (κ1) is 12.9. The van der Waals surface area contributed by atoms with E-state index in [1.54, 1.807) is 6.07 Å². The molecule has 0 aliphatic carbocycles. The van der Waals surface area contributed by atoms with Crippen LogP contribution in [0.25, 0.3) is 0 Å². The molecule has 0 radical (unpaired) electrons. The molecule has 0 unspecified atom stereocenters. The van der Waals surface area contributed by atoms with Gasteiger partial charge in [-0.05, 0) is 26.3 Å². The van der Waals surface area contributed by atoms with Crippen LogP contribution >= 0.6 is 0 Å². The van der Waals surface area contributed by atoms with Crippen LogP contribution in [0.2, 0.25) is 0 Å². The highest BCUT2D eigenvalue weighted by atomic mass is 16.2. The first-order valence-electron chi connectivity index (χ1n) is 5.32. The molecule has 1 aromatic carbocycles. The molecule has 0 bridgehead atoms. The van der Waals surface area contributed by atoms with Crippen LogP contribution in [-0.2, 0) is 4.79 Å². The number of nitrogens with one attached hydrogen (secondary N) is 1. The molecule has 1 N–H and O–H groups in total. The molecule has 1 aromatic rings. The number of nitriles is 1. The monoisotopic (exact) mass is 229 g/mol. The van der Waals surface area contributed by atoms with Crippen molar-refractivity contribution in [2.75, 3.05) is 0 Å². The Labute approximate surface area is 101 Å². The minimum absolute atomic E-state index is 0.177. The zero-order valence-electron chi connectivity index (χ0n) is 10.2. The van der Waals surface area contributed by atoms with E-state index in [4.69, 9.17) is 5.26 Å². The predicted molar refractivity (Wildman–Crippen MR) is 66.5 cm³/mol. The summed E-state index contributed by atoms with van der Waals surface area (Å²) in [6.45, 7) is 5.85. The van der Waals surface area contributed by atoms with Crippen molar-refractivity contribution < 1.29 is 4.79 Å². The molecule has 0 spiro atoms. The maximum atomic E-state index is 11.1. The van der Waals surface area contributed by atoms with Crippen LogP contribution in [0.15, 0.2) is 23.3 Å². The Kier molecular flexibility index (Phi) is 4.41. The summed E-state index contributed by atoms with van der Waals surface area (Å²) in [6, 6.07) is 7.80. The third-order valence-corrected chi connectivity index (χ3v) is 2.36. The van der Waals surface area contributed by atoms with Gasteiger partial charge in [-0.2, -0.15) is 10.4 Å².